The second kappa shape index (κ2) is 5.42. The van der Waals surface area contributed by atoms with Crippen molar-refractivity contribution in [3.63, 3.8) is 0 Å². The van der Waals surface area contributed by atoms with E-state index in [-0.39, 0.29) is 0 Å². The molecule has 0 heterocycles. The zero-order valence-corrected chi connectivity index (χ0v) is 10.1. The minimum atomic E-state index is 0.493. The van der Waals surface area contributed by atoms with E-state index in [0.717, 1.165) is 12.2 Å². The summed E-state index contributed by atoms with van der Waals surface area (Å²) in [6.45, 7) is 2.14. The van der Waals surface area contributed by atoms with Crippen LogP contribution in [-0.2, 0) is 0 Å². The molecule has 1 rings (SSSR count). The molecule has 0 fully saturated rings. The number of hydrogen-bond acceptors (Lipinski definition) is 2. The highest BCUT2D eigenvalue weighted by Crippen LogP contribution is 2.22. The van der Waals surface area contributed by atoms with Gasteiger partial charge in [-0.3, -0.25) is 0 Å². The summed E-state index contributed by atoms with van der Waals surface area (Å²) >= 11 is 4.30. The van der Waals surface area contributed by atoms with Crippen LogP contribution in [0.3, 0.4) is 0 Å². The largest absolute Gasteiger partial charge is 0.302 e. The lowest BCUT2D eigenvalue weighted by molar-refractivity contribution is 0.293. The number of hydrogen-bond donors (Lipinski definition) is 1. The van der Waals surface area contributed by atoms with Gasteiger partial charge in [0.15, 0.2) is 0 Å². The molecule has 0 aromatic heterocycles. The minimum Gasteiger partial charge on any atom is -0.302 e. The van der Waals surface area contributed by atoms with Crippen molar-refractivity contribution in [3.8, 4) is 0 Å². The molecule has 0 aliphatic rings. The Morgan fingerprint density at radius 1 is 1.36 bits per heavy atom. The van der Waals surface area contributed by atoms with Gasteiger partial charge in [0.1, 0.15) is 0 Å². The number of benzene rings is 1. The molecule has 0 N–H and O–H groups in total. The zero-order chi connectivity index (χ0) is 10.6. The molecule has 1 aromatic rings. The van der Waals surface area contributed by atoms with E-state index in [2.05, 4.69) is 62.8 Å². The zero-order valence-electron chi connectivity index (χ0n) is 9.20. The normalized spacial score (nSPS) is 13.2. The fourth-order valence-corrected chi connectivity index (χ4v) is 1.97. The molecule has 0 aliphatic heterocycles. The summed E-state index contributed by atoms with van der Waals surface area (Å²) in [5.74, 6) is 0.927. The van der Waals surface area contributed by atoms with Crippen molar-refractivity contribution >= 4 is 12.6 Å². The van der Waals surface area contributed by atoms with Gasteiger partial charge in [0.05, 0.1) is 0 Å². The molecule has 1 unspecified atom stereocenters. The lowest BCUT2D eigenvalue weighted by atomic mass is 10.0. The van der Waals surface area contributed by atoms with Crippen LogP contribution < -0.4 is 0 Å². The van der Waals surface area contributed by atoms with Crippen LogP contribution in [0, 0.1) is 6.92 Å². The van der Waals surface area contributed by atoms with Gasteiger partial charge in [-0.2, -0.15) is 12.6 Å². The highest BCUT2D eigenvalue weighted by atomic mass is 32.1. The third-order valence-electron chi connectivity index (χ3n) is 2.45. The molecule has 78 valence electrons. The number of thiol groups is 1. The Bertz CT molecular complexity index is 283. The summed E-state index contributed by atoms with van der Waals surface area (Å²) in [6.07, 6.45) is 1.10. The summed E-state index contributed by atoms with van der Waals surface area (Å²) < 4.78 is 0. The lowest BCUT2D eigenvalue weighted by Crippen LogP contribution is -2.20. The standard InChI is InChI=1S/C12H19NS/c1-10-5-4-6-11(9-10)12(7-8-14)13(2)3/h4-6,9,12,14H,7-8H2,1-3H3. The quantitative estimate of drug-likeness (QED) is 0.746. The molecule has 1 nitrogen and oxygen atoms in total. The second-order valence-electron chi connectivity index (χ2n) is 3.91. The fourth-order valence-electron chi connectivity index (χ4n) is 1.72. The summed E-state index contributed by atoms with van der Waals surface area (Å²) in [4.78, 5) is 2.25. The molecule has 14 heavy (non-hydrogen) atoms. The maximum atomic E-state index is 4.30. The van der Waals surface area contributed by atoms with Gasteiger partial charge in [-0.25, -0.2) is 0 Å². The van der Waals surface area contributed by atoms with Gasteiger partial charge in [-0.15, -0.1) is 0 Å². The van der Waals surface area contributed by atoms with Crippen molar-refractivity contribution in [1.82, 2.24) is 4.90 Å². The first-order chi connectivity index (χ1) is 6.65. The van der Waals surface area contributed by atoms with Crippen molar-refractivity contribution in [2.45, 2.75) is 19.4 Å². The van der Waals surface area contributed by atoms with Gasteiger partial charge in [0.2, 0.25) is 0 Å². The second-order valence-corrected chi connectivity index (χ2v) is 4.35. The Labute approximate surface area is 92.5 Å². The van der Waals surface area contributed by atoms with Gasteiger partial charge >= 0.3 is 0 Å². The van der Waals surface area contributed by atoms with E-state index in [1.165, 1.54) is 11.1 Å². The molecule has 2 heteroatoms. The average molecular weight is 209 g/mol. The van der Waals surface area contributed by atoms with Gasteiger partial charge < -0.3 is 4.90 Å². The molecule has 0 bridgehead atoms. The third kappa shape index (κ3) is 3.03. The number of nitrogens with zero attached hydrogens (tertiary/aromatic N) is 1. The van der Waals surface area contributed by atoms with Crippen molar-refractivity contribution in [3.05, 3.63) is 35.4 Å². The summed E-state index contributed by atoms with van der Waals surface area (Å²) in [5, 5.41) is 0. The molecule has 0 spiro atoms. The van der Waals surface area contributed by atoms with Crippen molar-refractivity contribution in [2.24, 2.45) is 0 Å². The molecule has 1 atom stereocenters. The number of aryl methyl sites for hydroxylation is 1. The molecular weight excluding hydrogens is 190 g/mol. The number of rotatable bonds is 4. The van der Waals surface area contributed by atoms with E-state index in [1.807, 2.05) is 0 Å². The third-order valence-corrected chi connectivity index (χ3v) is 2.71. The first-order valence-electron chi connectivity index (χ1n) is 4.99. The molecule has 0 saturated heterocycles. The SMILES string of the molecule is Cc1cccc(C(CCS)N(C)C)c1. The molecule has 0 saturated carbocycles. The minimum absolute atomic E-state index is 0.493. The molecule has 0 radical (unpaired) electrons. The fraction of sp³-hybridized carbons (Fsp3) is 0.500. The molecular formula is C12H19NS. The first kappa shape index (κ1) is 11.6. The Balaban J connectivity index is 2.87. The van der Waals surface area contributed by atoms with Crippen LogP contribution >= 0.6 is 12.6 Å². The summed E-state index contributed by atoms with van der Waals surface area (Å²) in [7, 11) is 4.24. The average Bonchev–Trinajstić information content (AvgIpc) is 2.13. The van der Waals surface area contributed by atoms with E-state index in [0.29, 0.717) is 6.04 Å². The van der Waals surface area contributed by atoms with Crippen LogP contribution in [-0.4, -0.2) is 24.7 Å². The van der Waals surface area contributed by atoms with Crippen molar-refractivity contribution < 1.29 is 0 Å². The monoisotopic (exact) mass is 209 g/mol. The summed E-state index contributed by atoms with van der Waals surface area (Å²) in [6, 6.07) is 9.21. The maximum Gasteiger partial charge on any atom is 0.0349 e. The van der Waals surface area contributed by atoms with E-state index in [1.54, 1.807) is 0 Å². The van der Waals surface area contributed by atoms with Crippen LogP contribution in [0.1, 0.15) is 23.6 Å². The maximum absolute atomic E-state index is 4.30. The highest BCUT2D eigenvalue weighted by molar-refractivity contribution is 7.80. The Hall–Kier alpha value is -0.470. The first-order valence-corrected chi connectivity index (χ1v) is 5.62. The van der Waals surface area contributed by atoms with E-state index >= 15 is 0 Å². The molecule has 1 aromatic carbocycles. The Kier molecular flexibility index (Phi) is 4.49. The molecule has 0 amide bonds. The van der Waals surface area contributed by atoms with Gasteiger partial charge in [-0.1, -0.05) is 29.8 Å². The summed E-state index contributed by atoms with van der Waals surface area (Å²) in [5.41, 5.74) is 2.72. The van der Waals surface area contributed by atoms with Crippen LogP contribution in [0.15, 0.2) is 24.3 Å². The predicted molar refractivity (Wildman–Crippen MR) is 66.1 cm³/mol. The van der Waals surface area contributed by atoms with Crippen LogP contribution in [0.25, 0.3) is 0 Å². The van der Waals surface area contributed by atoms with E-state index in [9.17, 15) is 0 Å². The van der Waals surface area contributed by atoms with Gasteiger partial charge in [-0.05, 0) is 38.8 Å². The van der Waals surface area contributed by atoms with Crippen molar-refractivity contribution in [2.75, 3.05) is 19.8 Å². The smallest absolute Gasteiger partial charge is 0.0349 e. The topological polar surface area (TPSA) is 3.24 Å². The van der Waals surface area contributed by atoms with Gasteiger partial charge in [0.25, 0.3) is 0 Å². The Morgan fingerprint density at radius 2 is 2.07 bits per heavy atom. The van der Waals surface area contributed by atoms with Crippen LogP contribution in [0.5, 0.6) is 0 Å². The Morgan fingerprint density at radius 3 is 2.57 bits per heavy atom. The van der Waals surface area contributed by atoms with Crippen molar-refractivity contribution in [1.29, 1.82) is 0 Å². The van der Waals surface area contributed by atoms with Crippen LogP contribution in [0.4, 0.5) is 0 Å². The molecule has 0 aliphatic carbocycles. The predicted octanol–water partition coefficient (Wildman–Crippen LogP) is 2.92. The van der Waals surface area contributed by atoms with E-state index < -0.39 is 0 Å². The van der Waals surface area contributed by atoms with Gasteiger partial charge in [0, 0.05) is 6.04 Å². The highest BCUT2D eigenvalue weighted by Gasteiger charge is 2.12. The van der Waals surface area contributed by atoms with E-state index in [4.69, 9.17) is 0 Å². The lowest BCUT2D eigenvalue weighted by Gasteiger charge is -2.24. The van der Waals surface area contributed by atoms with Crippen LogP contribution in [0.2, 0.25) is 0 Å².